The SMILES string of the molecule is COC[C@@H](C)NC(=O)Nc1c(C)ccc2ccccc12. The van der Waals surface area contributed by atoms with Gasteiger partial charge in [0.25, 0.3) is 0 Å². The van der Waals surface area contributed by atoms with Crippen LogP contribution in [0.1, 0.15) is 12.5 Å². The summed E-state index contributed by atoms with van der Waals surface area (Å²) in [5.74, 6) is 0. The summed E-state index contributed by atoms with van der Waals surface area (Å²) in [5.41, 5.74) is 1.89. The largest absolute Gasteiger partial charge is 0.383 e. The number of anilines is 1. The molecular formula is C16H20N2O2. The summed E-state index contributed by atoms with van der Waals surface area (Å²) < 4.78 is 5.01. The third kappa shape index (κ3) is 3.27. The molecule has 0 aliphatic heterocycles. The van der Waals surface area contributed by atoms with Gasteiger partial charge in [-0.15, -0.1) is 0 Å². The highest BCUT2D eigenvalue weighted by atomic mass is 16.5. The van der Waals surface area contributed by atoms with E-state index in [1.807, 2.05) is 44.2 Å². The van der Waals surface area contributed by atoms with Gasteiger partial charge in [0.05, 0.1) is 18.3 Å². The number of benzene rings is 2. The van der Waals surface area contributed by atoms with E-state index in [1.54, 1.807) is 7.11 Å². The monoisotopic (exact) mass is 272 g/mol. The summed E-state index contributed by atoms with van der Waals surface area (Å²) in [4.78, 5) is 12.0. The maximum atomic E-state index is 12.0. The van der Waals surface area contributed by atoms with Gasteiger partial charge < -0.3 is 15.4 Å². The van der Waals surface area contributed by atoms with E-state index >= 15 is 0 Å². The molecule has 2 amide bonds. The van der Waals surface area contributed by atoms with Gasteiger partial charge in [-0.2, -0.15) is 0 Å². The van der Waals surface area contributed by atoms with Crippen LogP contribution in [0.4, 0.5) is 10.5 Å². The van der Waals surface area contributed by atoms with Gasteiger partial charge in [-0.05, 0) is 24.8 Å². The number of carbonyl (C=O) groups excluding carboxylic acids is 1. The third-order valence-corrected chi connectivity index (χ3v) is 3.17. The fraction of sp³-hybridized carbons (Fsp3) is 0.312. The molecule has 0 saturated heterocycles. The first-order valence-corrected chi connectivity index (χ1v) is 6.66. The Morgan fingerprint density at radius 3 is 2.75 bits per heavy atom. The summed E-state index contributed by atoms with van der Waals surface area (Å²) >= 11 is 0. The average molecular weight is 272 g/mol. The molecule has 2 aromatic carbocycles. The number of urea groups is 1. The topological polar surface area (TPSA) is 50.4 Å². The molecule has 106 valence electrons. The maximum absolute atomic E-state index is 12.0. The van der Waals surface area contributed by atoms with Gasteiger partial charge in [0.1, 0.15) is 0 Å². The van der Waals surface area contributed by atoms with Crippen molar-refractivity contribution in [3.63, 3.8) is 0 Å². The molecule has 0 unspecified atom stereocenters. The van der Waals surface area contributed by atoms with Crippen LogP contribution in [0.25, 0.3) is 10.8 Å². The Morgan fingerprint density at radius 2 is 2.00 bits per heavy atom. The van der Waals surface area contributed by atoms with Gasteiger partial charge in [-0.3, -0.25) is 0 Å². The van der Waals surface area contributed by atoms with Gasteiger partial charge >= 0.3 is 6.03 Å². The van der Waals surface area contributed by atoms with Crippen LogP contribution in [0.3, 0.4) is 0 Å². The highest BCUT2D eigenvalue weighted by Crippen LogP contribution is 2.26. The van der Waals surface area contributed by atoms with Crippen molar-refractivity contribution in [3.05, 3.63) is 42.0 Å². The highest BCUT2D eigenvalue weighted by Gasteiger charge is 2.10. The Morgan fingerprint density at radius 1 is 1.25 bits per heavy atom. The first-order valence-electron chi connectivity index (χ1n) is 6.66. The lowest BCUT2D eigenvalue weighted by Gasteiger charge is -2.16. The van der Waals surface area contributed by atoms with Crippen molar-refractivity contribution in [2.75, 3.05) is 19.0 Å². The molecular weight excluding hydrogens is 252 g/mol. The fourth-order valence-electron chi connectivity index (χ4n) is 2.21. The Kier molecular flexibility index (Phi) is 4.58. The van der Waals surface area contributed by atoms with Gasteiger partial charge in [0.2, 0.25) is 0 Å². The van der Waals surface area contributed by atoms with Crippen LogP contribution < -0.4 is 10.6 Å². The summed E-state index contributed by atoms with van der Waals surface area (Å²) in [7, 11) is 1.62. The number of rotatable bonds is 4. The van der Waals surface area contributed by atoms with E-state index < -0.39 is 0 Å². The fourth-order valence-corrected chi connectivity index (χ4v) is 2.21. The van der Waals surface area contributed by atoms with E-state index in [4.69, 9.17) is 4.74 Å². The molecule has 0 aliphatic carbocycles. The Hall–Kier alpha value is -2.07. The Labute approximate surface area is 119 Å². The second-order valence-electron chi connectivity index (χ2n) is 4.93. The molecule has 0 radical (unpaired) electrons. The van der Waals surface area contributed by atoms with Crippen LogP contribution >= 0.6 is 0 Å². The predicted octanol–water partition coefficient (Wildman–Crippen LogP) is 3.30. The number of methoxy groups -OCH3 is 1. The first-order chi connectivity index (χ1) is 9.61. The normalized spacial score (nSPS) is 12.2. The minimum atomic E-state index is -0.214. The number of amides is 2. The summed E-state index contributed by atoms with van der Waals surface area (Å²) in [5, 5.41) is 7.94. The van der Waals surface area contributed by atoms with Crippen LogP contribution in [0.15, 0.2) is 36.4 Å². The van der Waals surface area contributed by atoms with Crippen molar-refractivity contribution in [2.24, 2.45) is 0 Å². The molecule has 2 rings (SSSR count). The van der Waals surface area contributed by atoms with Crippen molar-refractivity contribution in [1.29, 1.82) is 0 Å². The molecule has 2 aromatic rings. The zero-order chi connectivity index (χ0) is 14.5. The van der Waals surface area contributed by atoms with E-state index in [0.717, 1.165) is 22.0 Å². The molecule has 0 fully saturated rings. The van der Waals surface area contributed by atoms with E-state index in [0.29, 0.717) is 6.61 Å². The molecule has 0 aliphatic rings. The minimum Gasteiger partial charge on any atom is -0.383 e. The molecule has 0 spiro atoms. The highest BCUT2D eigenvalue weighted by molar-refractivity contribution is 6.02. The van der Waals surface area contributed by atoms with Crippen molar-refractivity contribution in [1.82, 2.24) is 5.32 Å². The molecule has 0 bridgehead atoms. The van der Waals surface area contributed by atoms with E-state index in [2.05, 4.69) is 16.7 Å². The van der Waals surface area contributed by atoms with E-state index in [-0.39, 0.29) is 12.1 Å². The molecule has 20 heavy (non-hydrogen) atoms. The maximum Gasteiger partial charge on any atom is 0.319 e. The second-order valence-corrected chi connectivity index (χ2v) is 4.93. The lowest BCUT2D eigenvalue weighted by atomic mass is 10.0. The number of carbonyl (C=O) groups is 1. The molecule has 0 heterocycles. The Balaban J connectivity index is 2.20. The van der Waals surface area contributed by atoms with Crippen LogP contribution in [-0.2, 0) is 4.74 Å². The number of ether oxygens (including phenoxy) is 1. The first kappa shape index (κ1) is 14.3. The molecule has 4 heteroatoms. The standard InChI is InChI=1S/C16H20N2O2/c1-11-8-9-13-6-4-5-7-14(13)15(11)18-16(19)17-12(2)10-20-3/h4-9,12H,10H2,1-3H3,(H2,17,18,19)/t12-/m1/s1. The zero-order valence-corrected chi connectivity index (χ0v) is 12.1. The van der Waals surface area contributed by atoms with Gasteiger partial charge in [-0.1, -0.05) is 36.4 Å². The van der Waals surface area contributed by atoms with Crippen LogP contribution in [0, 0.1) is 6.92 Å². The summed E-state index contributed by atoms with van der Waals surface area (Å²) in [6.45, 7) is 4.38. The number of hydrogen-bond acceptors (Lipinski definition) is 2. The summed E-state index contributed by atoms with van der Waals surface area (Å²) in [6, 6.07) is 11.8. The molecule has 0 aromatic heterocycles. The second kappa shape index (κ2) is 6.39. The molecule has 2 N–H and O–H groups in total. The zero-order valence-electron chi connectivity index (χ0n) is 12.1. The molecule has 4 nitrogen and oxygen atoms in total. The minimum absolute atomic E-state index is 0.0321. The lowest BCUT2D eigenvalue weighted by molar-refractivity contribution is 0.173. The average Bonchev–Trinajstić information content (AvgIpc) is 2.42. The number of hydrogen-bond donors (Lipinski definition) is 2. The van der Waals surface area contributed by atoms with Gasteiger partial charge in [0, 0.05) is 12.5 Å². The van der Waals surface area contributed by atoms with Crippen LogP contribution in [0.2, 0.25) is 0 Å². The third-order valence-electron chi connectivity index (χ3n) is 3.17. The number of nitrogens with one attached hydrogen (secondary N) is 2. The quantitative estimate of drug-likeness (QED) is 0.897. The molecule has 0 saturated carbocycles. The number of fused-ring (bicyclic) bond motifs is 1. The van der Waals surface area contributed by atoms with Crippen LogP contribution in [-0.4, -0.2) is 25.8 Å². The van der Waals surface area contributed by atoms with E-state index in [1.165, 1.54) is 0 Å². The van der Waals surface area contributed by atoms with Gasteiger partial charge in [0.15, 0.2) is 0 Å². The summed E-state index contributed by atoms with van der Waals surface area (Å²) in [6.07, 6.45) is 0. The van der Waals surface area contributed by atoms with Crippen LogP contribution in [0.5, 0.6) is 0 Å². The van der Waals surface area contributed by atoms with Crippen molar-refractivity contribution >= 4 is 22.5 Å². The number of aryl methyl sites for hydroxylation is 1. The lowest BCUT2D eigenvalue weighted by Crippen LogP contribution is -2.38. The Bertz CT molecular complexity index is 610. The van der Waals surface area contributed by atoms with Crippen molar-refractivity contribution in [2.45, 2.75) is 19.9 Å². The smallest absolute Gasteiger partial charge is 0.319 e. The van der Waals surface area contributed by atoms with E-state index in [9.17, 15) is 4.79 Å². The predicted molar refractivity (Wildman–Crippen MR) is 82.2 cm³/mol. The van der Waals surface area contributed by atoms with Crippen molar-refractivity contribution < 1.29 is 9.53 Å². The van der Waals surface area contributed by atoms with Crippen molar-refractivity contribution in [3.8, 4) is 0 Å². The van der Waals surface area contributed by atoms with Gasteiger partial charge in [-0.25, -0.2) is 4.79 Å². The molecule has 1 atom stereocenters.